The minimum Gasteiger partial charge on any atom is -0.201 e. The van der Waals surface area contributed by atoms with Crippen LogP contribution in [0.1, 0.15) is 30.5 Å². The van der Waals surface area contributed by atoms with Gasteiger partial charge >= 0.3 is 0 Å². The van der Waals surface area contributed by atoms with Crippen LogP contribution in [-0.2, 0) is 13.0 Å². The first-order valence-electron chi connectivity index (χ1n) is 7.80. The third-order valence-electron chi connectivity index (χ3n) is 3.72. The summed E-state index contributed by atoms with van der Waals surface area (Å²) in [4.78, 5) is 0. The van der Waals surface area contributed by atoms with E-state index in [9.17, 15) is 0 Å². The van der Waals surface area contributed by atoms with Gasteiger partial charge in [0.25, 0.3) is 0 Å². The Balaban J connectivity index is 2.22. The molecule has 1 aromatic carbocycles. The van der Waals surface area contributed by atoms with Crippen molar-refractivity contribution >= 4 is 5.57 Å². The van der Waals surface area contributed by atoms with E-state index in [-0.39, 0.29) is 0 Å². The van der Waals surface area contributed by atoms with Crippen molar-refractivity contribution < 1.29 is 4.57 Å². The zero-order valence-electron chi connectivity index (χ0n) is 13.5. The second-order valence-corrected chi connectivity index (χ2v) is 5.24. The van der Waals surface area contributed by atoms with Gasteiger partial charge in [-0.15, -0.1) is 0 Å². The van der Waals surface area contributed by atoms with Crippen molar-refractivity contribution in [3.05, 3.63) is 96.4 Å². The molecule has 0 aliphatic rings. The van der Waals surface area contributed by atoms with Crippen LogP contribution in [0.2, 0.25) is 0 Å². The third-order valence-corrected chi connectivity index (χ3v) is 3.72. The molecular weight excluding hydrogens is 266 g/mol. The number of nitrogens with zero attached hydrogens (tertiary/aromatic N) is 1. The van der Waals surface area contributed by atoms with Crippen LogP contribution < -0.4 is 4.57 Å². The van der Waals surface area contributed by atoms with Crippen molar-refractivity contribution in [1.29, 1.82) is 0 Å². The molecule has 1 nitrogen and oxygen atoms in total. The molecule has 0 radical (unpaired) electrons. The molecule has 0 aliphatic carbocycles. The lowest BCUT2D eigenvalue weighted by Crippen LogP contribution is -2.33. The number of aryl methyl sites for hydroxylation is 1. The fraction of sp³-hybridized carbons (Fsp3) is 0.190. The summed E-state index contributed by atoms with van der Waals surface area (Å²) in [5.74, 6) is 0. The fourth-order valence-electron chi connectivity index (χ4n) is 2.56. The topological polar surface area (TPSA) is 3.88 Å². The smallest absolute Gasteiger partial charge is 0.174 e. The monoisotopic (exact) mass is 290 g/mol. The van der Waals surface area contributed by atoms with Gasteiger partial charge in [0.2, 0.25) is 0 Å². The van der Waals surface area contributed by atoms with Crippen LogP contribution in [0.15, 0.2) is 79.7 Å². The lowest BCUT2D eigenvalue weighted by atomic mass is 10.0. The average molecular weight is 290 g/mol. The summed E-state index contributed by atoms with van der Waals surface area (Å²) in [6, 6.07) is 13.0. The standard InChI is InChI=1S/C21H24N/c1-4-9-19(10-5-2)20-13-15-22(16-14-20)17-21-12-8-7-11-18(21)6-3/h4-5,7-16H,1,6,17H2,2-3H3/q+1/b10-5-,19-9+. The molecule has 0 bridgehead atoms. The van der Waals surface area contributed by atoms with Gasteiger partial charge < -0.3 is 0 Å². The summed E-state index contributed by atoms with van der Waals surface area (Å²) in [7, 11) is 0. The molecule has 0 saturated heterocycles. The molecule has 0 aliphatic heterocycles. The Kier molecular flexibility index (Phi) is 5.91. The molecule has 0 atom stereocenters. The van der Waals surface area contributed by atoms with E-state index in [0.29, 0.717) is 0 Å². The molecule has 0 N–H and O–H groups in total. The van der Waals surface area contributed by atoms with Crippen LogP contribution in [0, 0.1) is 0 Å². The van der Waals surface area contributed by atoms with Gasteiger partial charge in [0.1, 0.15) is 0 Å². The maximum atomic E-state index is 3.79. The summed E-state index contributed by atoms with van der Waals surface area (Å²) in [6.45, 7) is 8.93. The normalized spacial score (nSPS) is 11.8. The van der Waals surface area contributed by atoms with Crippen LogP contribution in [-0.4, -0.2) is 0 Å². The molecule has 22 heavy (non-hydrogen) atoms. The number of benzene rings is 1. The Hall–Kier alpha value is -2.41. The summed E-state index contributed by atoms with van der Waals surface area (Å²) < 4.78 is 2.22. The van der Waals surface area contributed by atoms with Crippen molar-refractivity contribution in [1.82, 2.24) is 0 Å². The van der Waals surface area contributed by atoms with Gasteiger partial charge in [-0.05, 0) is 30.0 Å². The molecule has 0 fully saturated rings. The molecule has 1 aromatic heterocycles. The number of hydrogen-bond donors (Lipinski definition) is 0. The highest BCUT2D eigenvalue weighted by molar-refractivity contribution is 5.74. The minimum absolute atomic E-state index is 0.911. The average Bonchev–Trinajstić information content (AvgIpc) is 2.56. The predicted octanol–water partition coefficient (Wildman–Crippen LogP) is 4.73. The van der Waals surface area contributed by atoms with Crippen LogP contribution >= 0.6 is 0 Å². The summed E-state index contributed by atoms with van der Waals surface area (Å²) in [5.41, 5.74) is 5.19. The van der Waals surface area contributed by atoms with E-state index in [4.69, 9.17) is 0 Å². The van der Waals surface area contributed by atoms with E-state index >= 15 is 0 Å². The Labute approximate surface area is 133 Å². The molecule has 0 amide bonds. The van der Waals surface area contributed by atoms with E-state index in [1.165, 1.54) is 22.3 Å². The SMILES string of the molecule is C=C/C=C(\C=C/C)c1cc[n+](Cc2ccccc2CC)cc1. The highest BCUT2D eigenvalue weighted by atomic mass is 14.9. The van der Waals surface area contributed by atoms with Gasteiger partial charge in [0, 0.05) is 17.7 Å². The Bertz CT molecular complexity index is 675. The van der Waals surface area contributed by atoms with Crippen LogP contribution in [0.25, 0.3) is 5.57 Å². The number of allylic oxidation sites excluding steroid dienone is 5. The maximum Gasteiger partial charge on any atom is 0.174 e. The first-order valence-corrected chi connectivity index (χ1v) is 7.80. The molecule has 2 aromatic rings. The Morgan fingerprint density at radius 2 is 1.77 bits per heavy atom. The van der Waals surface area contributed by atoms with Crippen molar-refractivity contribution in [2.75, 3.05) is 0 Å². The quantitative estimate of drug-likeness (QED) is 0.535. The number of hydrogen-bond acceptors (Lipinski definition) is 0. The van der Waals surface area contributed by atoms with E-state index in [2.05, 4.69) is 72.9 Å². The molecule has 0 unspecified atom stereocenters. The minimum atomic E-state index is 0.911. The fourth-order valence-corrected chi connectivity index (χ4v) is 2.56. The van der Waals surface area contributed by atoms with E-state index in [0.717, 1.165) is 13.0 Å². The number of rotatable bonds is 6. The maximum absolute atomic E-state index is 3.79. The molecule has 0 spiro atoms. The lowest BCUT2D eigenvalue weighted by Gasteiger charge is -2.05. The summed E-state index contributed by atoms with van der Waals surface area (Å²) in [5, 5.41) is 0. The Morgan fingerprint density at radius 1 is 1.09 bits per heavy atom. The van der Waals surface area contributed by atoms with Gasteiger partial charge in [-0.1, -0.05) is 62.1 Å². The molecule has 1 heteroatoms. The molecular formula is C21H24N+. The second kappa shape index (κ2) is 8.14. The summed E-state index contributed by atoms with van der Waals surface area (Å²) in [6.07, 6.45) is 13.4. The first-order chi connectivity index (χ1) is 10.8. The van der Waals surface area contributed by atoms with Gasteiger partial charge in [-0.3, -0.25) is 0 Å². The van der Waals surface area contributed by atoms with E-state index < -0.39 is 0 Å². The zero-order chi connectivity index (χ0) is 15.8. The molecule has 0 saturated carbocycles. The third kappa shape index (κ3) is 4.05. The van der Waals surface area contributed by atoms with E-state index in [1.54, 1.807) is 0 Å². The highest BCUT2D eigenvalue weighted by Crippen LogP contribution is 2.15. The number of aromatic nitrogens is 1. The van der Waals surface area contributed by atoms with Crippen LogP contribution in [0.3, 0.4) is 0 Å². The Morgan fingerprint density at radius 3 is 2.36 bits per heavy atom. The molecule has 1 heterocycles. The van der Waals surface area contributed by atoms with Crippen molar-refractivity contribution in [3.8, 4) is 0 Å². The second-order valence-electron chi connectivity index (χ2n) is 5.24. The van der Waals surface area contributed by atoms with Crippen molar-refractivity contribution in [2.45, 2.75) is 26.8 Å². The molecule has 2 rings (SSSR count). The van der Waals surface area contributed by atoms with Gasteiger partial charge in [0.15, 0.2) is 18.9 Å². The highest BCUT2D eigenvalue weighted by Gasteiger charge is 2.07. The lowest BCUT2D eigenvalue weighted by molar-refractivity contribution is -0.688. The zero-order valence-corrected chi connectivity index (χ0v) is 13.5. The van der Waals surface area contributed by atoms with Gasteiger partial charge in [-0.2, -0.15) is 0 Å². The van der Waals surface area contributed by atoms with Crippen LogP contribution in [0.4, 0.5) is 0 Å². The summed E-state index contributed by atoms with van der Waals surface area (Å²) >= 11 is 0. The molecule has 112 valence electrons. The first kappa shape index (κ1) is 16.0. The van der Waals surface area contributed by atoms with Crippen LogP contribution in [0.5, 0.6) is 0 Å². The van der Waals surface area contributed by atoms with Gasteiger partial charge in [-0.25, -0.2) is 4.57 Å². The predicted molar refractivity (Wildman–Crippen MR) is 94.5 cm³/mol. The van der Waals surface area contributed by atoms with Crippen molar-refractivity contribution in [3.63, 3.8) is 0 Å². The van der Waals surface area contributed by atoms with Crippen molar-refractivity contribution in [2.24, 2.45) is 0 Å². The van der Waals surface area contributed by atoms with E-state index in [1.807, 2.05) is 25.2 Å². The number of pyridine rings is 1. The van der Waals surface area contributed by atoms with Gasteiger partial charge in [0.05, 0.1) is 0 Å². The largest absolute Gasteiger partial charge is 0.201 e.